The van der Waals surface area contributed by atoms with Gasteiger partial charge in [-0.3, -0.25) is 9.89 Å². The van der Waals surface area contributed by atoms with Crippen molar-refractivity contribution in [3.05, 3.63) is 40.5 Å². The van der Waals surface area contributed by atoms with E-state index in [1.54, 1.807) is 6.20 Å². The average molecular weight is 430 g/mol. The molecular weight excluding hydrogens is 402 g/mol. The molecule has 3 aromatic rings. The van der Waals surface area contributed by atoms with Gasteiger partial charge in [-0.05, 0) is 25.0 Å². The summed E-state index contributed by atoms with van der Waals surface area (Å²) in [6, 6.07) is 5.64. The zero-order valence-electron chi connectivity index (χ0n) is 16.4. The number of esters is 1. The van der Waals surface area contributed by atoms with Gasteiger partial charge in [0.1, 0.15) is 0 Å². The third-order valence-corrected chi connectivity index (χ3v) is 5.86. The molecular formula is C21H27N5O3S. The van der Waals surface area contributed by atoms with Crippen molar-refractivity contribution in [2.45, 2.75) is 38.2 Å². The van der Waals surface area contributed by atoms with Crippen molar-refractivity contribution < 1.29 is 18.9 Å². The predicted octanol–water partition coefficient (Wildman–Crippen LogP) is 4.26. The minimum atomic E-state index is -0.726. The Morgan fingerprint density at radius 2 is 2.37 bits per heavy atom. The van der Waals surface area contributed by atoms with Crippen LogP contribution in [0.25, 0.3) is 10.7 Å². The van der Waals surface area contributed by atoms with Gasteiger partial charge in [0.15, 0.2) is 17.5 Å². The number of nitrogens with zero attached hydrogens (tertiary/aromatic N) is 3. The Morgan fingerprint density at radius 3 is 3.10 bits per heavy atom. The maximum absolute atomic E-state index is 10.9. The number of aromatic amines is 1. The topological polar surface area (TPSA) is 113 Å². The van der Waals surface area contributed by atoms with Gasteiger partial charge in [-0.2, -0.15) is 5.10 Å². The third kappa shape index (κ3) is 4.67. The first kappa shape index (κ1) is 20.1. The fourth-order valence-electron chi connectivity index (χ4n) is 2.94. The van der Waals surface area contributed by atoms with E-state index in [0.717, 1.165) is 15.4 Å². The number of carbonyl (C=O) groups excluding carboxylic acids is 1. The van der Waals surface area contributed by atoms with Gasteiger partial charge in [0, 0.05) is 46.4 Å². The lowest BCUT2D eigenvalue weighted by Gasteiger charge is -2.08. The summed E-state index contributed by atoms with van der Waals surface area (Å²) >= 11 is 1.38. The number of thiophene rings is 1. The van der Waals surface area contributed by atoms with E-state index in [4.69, 9.17) is 11.2 Å². The molecule has 3 N–H and O–H groups in total. The van der Waals surface area contributed by atoms with Crippen molar-refractivity contribution in [1.82, 2.24) is 20.2 Å². The van der Waals surface area contributed by atoms with Gasteiger partial charge in [-0.15, -0.1) is 17.8 Å². The van der Waals surface area contributed by atoms with E-state index in [9.17, 15) is 9.90 Å². The van der Waals surface area contributed by atoms with Crippen molar-refractivity contribution in [2.24, 2.45) is 0 Å². The Kier molecular flexibility index (Phi) is 5.79. The molecule has 4 rings (SSSR count). The van der Waals surface area contributed by atoms with E-state index in [1.807, 2.05) is 18.2 Å². The molecule has 0 amide bonds. The second kappa shape index (κ2) is 8.65. The average Bonchev–Trinajstić information content (AvgIpc) is 3.27. The van der Waals surface area contributed by atoms with Crippen molar-refractivity contribution in [3.63, 3.8) is 0 Å². The molecule has 0 radical (unpaired) electrons. The summed E-state index contributed by atoms with van der Waals surface area (Å²) in [5.41, 5.74) is 1.65. The summed E-state index contributed by atoms with van der Waals surface area (Å²) in [6.07, 6.45) is 9.16. The number of anilines is 2. The highest BCUT2D eigenvalue weighted by molar-refractivity contribution is 7.15. The summed E-state index contributed by atoms with van der Waals surface area (Å²) in [7, 11) is 0. The summed E-state index contributed by atoms with van der Waals surface area (Å²) in [5.74, 6) is 4.45. The standard InChI is InChI=1S/C21H21N5O3S.3H2/c1-3-13-11-22-21(18-7-6-17(30-18)16(28)8-9-29-12(2)27)24-20(13)23-19-10-15(25-26-19)14-4-5-14;;;/h1,6-7,10-11,14,16,28H,4-5,8-9H2,2H3,(H2,22,23,24,25,26);3*1H. The number of hydrogen-bond acceptors (Lipinski definition) is 8. The molecule has 1 aliphatic carbocycles. The SMILES string of the molecule is C#Cc1cnc(-c2ccc(C(O)CCOC(C)=O)s2)nc1Nc1cc(C2CC2)[nH]n1.[HH].[HH].[HH]. The van der Waals surface area contributed by atoms with Crippen molar-refractivity contribution >= 4 is 28.9 Å². The van der Waals surface area contributed by atoms with Gasteiger partial charge >= 0.3 is 5.97 Å². The molecule has 3 heterocycles. The second-order valence-electron chi connectivity index (χ2n) is 7.05. The Balaban J connectivity index is 0.00000181. The van der Waals surface area contributed by atoms with Gasteiger partial charge in [-0.25, -0.2) is 9.97 Å². The van der Waals surface area contributed by atoms with Crippen molar-refractivity contribution in [2.75, 3.05) is 11.9 Å². The molecule has 160 valence electrons. The number of aromatic nitrogens is 4. The van der Waals surface area contributed by atoms with Gasteiger partial charge < -0.3 is 15.2 Å². The highest BCUT2D eigenvalue weighted by Crippen LogP contribution is 2.39. The van der Waals surface area contributed by atoms with Gasteiger partial charge in [-0.1, -0.05) is 5.92 Å². The van der Waals surface area contributed by atoms with E-state index < -0.39 is 6.10 Å². The van der Waals surface area contributed by atoms with Gasteiger partial charge in [0.05, 0.1) is 23.2 Å². The van der Waals surface area contributed by atoms with Crippen molar-refractivity contribution in [1.29, 1.82) is 0 Å². The Morgan fingerprint density at radius 1 is 1.53 bits per heavy atom. The maximum Gasteiger partial charge on any atom is 0.302 e. The summed E-state index contributed by atoms with van der Waals surface area (Å²) in [6.45, 7) is 1.51. The number of hydrogen-bond donors (Lipinski definition) is 3. The molecule has 1 atom stereocenters. The van der Waals surface area contributed by atoms with Gasteiger partial charge in [0.25, 0.3) is 0 Å². The molecule has 1 aliphatic rings. The van der Waals surface area contributed by atoms with Crippen LogP contribution in [0.15, 0.2) is 24.4 Å². The lowest BCUT2D eigenvalue weighted by Crippen LogP contribution is -2.05. The van der Waals surface area contributed by atoms with Gasteiger partial charge in [0.2, 0.25) is 0 Å². The molecule has 8 nitrogen and oxygen atoms in total. The van der Waals surface area contributed by atoms with Crippen molar-refractivity contribution in [3.8, 4) is 23.0 Å². The lowest BCUT2D eigenvalue weighted by molar-refractivity contribution is -0.141. The van der Waals surface area contributed by atoms with Crippen LogP contribution in [0.1, 0.15) is 58.6 Å². The second-order valence-corrected chi connectivity index (χ2v) is 8.17. The lowest BCUT2D eigenvalue weighted by atomic mass is 10.2. The fraction of sp³-hybridized carbons (Fsp3) is 0.333. The molecule has 1 saturated carbocycles. The maximum atomic E-state index is 10.9. The molecule has 3 aromatic heterocycles. The van der Waals surface area contributed by atoms with Crippen LogP contribution in [0.3, 0.4) is 0 Å². The molecule has 0 aromatic carbocycles. The summed E-state index contributed by atoms with van der Waals surface area (Å²) < 4.78 is 4.89. The highest BCUT2D eigenvalue weighted by atomic mass is 32.1. The monoisotopic (exact) mass is 429 g/mol. The van der Waals surface area contributed by atoms with Crippen LogP contribution in [-0.2, 0) is 9.53 Å². The smallest absolute Gasteiger partial charge is 0.302 e. The molecule has 1 unspecified atom stereocenters. The normalized spacial score (nSPS) is 14.2. The molecule has 0 bridgehead atoms. The van der Waals surface area contributed by atoms with Crippen LogP contribution in [-0.4, -0.2) is 37.8 Å². The van der Waals surface area contributed by atoms with Crippen LogP contribution < -0.4 is 5.32 Å². The van der Waals surface area contributed by atoms with E-state index in [1.165, 1.54) is 31.1 Å². The van der Waals surface area contributed by atoms with Crippen LogP contribution in [0.5, 0.6) is 0 Å². The van der Waals surface area contributed by atoms with Crippen LogP contribution in [0, 0.1) is 12.3 Å². The number of ether oxygens (including phenoxy) is 1. The molecule has 0 spiro atoms. The number of aliphatic hydroxyl groups excluding tert-OH is 1. The first-order valence-corrected chi connectivity index (χ1v) is 10.4. The number of H-pyrrole nitrogens is 1. The first-order valence-electron chi connectivity index (χ1n) is 9.61. The number of rotatable bonds is 8. The quantitative estimate of drug-likeness (QED) is 0.362. The Bertz CT molecular complexity index is 1110. The minimum Gasteiger partial charge on any atom is -0.466 e. The highest BCUT2D eigenvalue weighted by Gasteiger charge is 2.25. The van der Waals surface area contributed by atoms with E-state index in [0.29, 0.717) is 35.4 Å². The zero-order valence-corrected chi connectivity index (χ0v) is 17.2. The Hall–Kier alpha value is -3.22. The zero-order chi connectivity index (χ0) is 21.1. The number of terminal acetylenes is 1. The van der Waals surface area contributed by atoms with E-state index >= 15 is 0 Å². The fourth-order valence-corrected chi connectivity index (χ4v) is 3.91. The predicted molar refractivity (Wildman–Crippen MR) is 120 cm³/mol. The number of aliphatic hydroxyl groups is 1. The summed E-state index contributed by atoms with van der Waals surface area (Å²) in [5, 5.41) is 20.8. The van der Waals surface area contributed by atoms with E-state index in [2.05, 4.69) is 31.4 Å². The summed E-state index contributed by atoms with van der Waals surface area (Å²) in [4.78, 5) is 21.3. The van der Waals surface area contributed by atoms with Crippen LogP contribution in [0.4, 0.5) is 11.6 Å². The van der Waals surface area contributed by atoms with Crippen LogP contribution in [0.2, 0.25) is 0 Å². The third-order valence-electron chi connectivity index (χ3n) is 4.68. The minimum absolute atomic E-state index is 0. The largest absolute Gasteiger partial charge is 0.466 e. The molecule has 1 fully saturated rings. The molecule has 9 heteroatoms. The molecule has 0 saturated heterocycles. The number of nitrogens with one attached hydrogen (secondary N) is 2. The molecule has 30 heavy (non-hydrogen) atoms. The number of carbonyl (C=O) groups is 1. The van der Waals surface area contributed by atoms with E-state index in [-0.39, 0.29) is 16.9 Å². The molecule has 0 aliphatic heterocycles. The Labute approximate surface area is 182 Å². The van der Waals surface area contributed by atoms with Crippen LogP contribution >= 0.6 is 11.3 Å². The first-order chi connectivity index (χ1) is 14.5.